The van der Waals surface area contributed by atoms with Gasteiger partial charge in [-0.1, -0.05) is 13.8 Å². The van der Waals surface area contributed by atoms with Crippen molar-refractivity contribution in [2.45, 2.75) is 45.6 Å². The molecular formula is C14H26F2N2O2. The lowest BCUT2D eigenvalue weighted by Gasteiger charge is -2.37. The summed E-state index contributed by atoms with van der Waals surface area (Å²) in [5, 5.41) is 3.50. The molecular weight excluding hydrogens is 266 g/mol. The monoisotopic (exact) mass is 292 g/mol. The van der Waals surface area contributed by atoms with E-state index in [-0.39, 0.29) is 18.9 Å². The standard InChI is InChI=1S/C14H26F2N2O2/c1-3-6-17-12-4-7-18(9-11(12)2)14(19)5-8-20-10-13(15)16/h11-13,17H,3-10H2,1-2H3. The highest BCUT2D eigenvalue weighted by Gasteiger charge is 2.27. The van der Waals surface area contributed by atoms with Crippen LogP contribution in [0.5, 0.6) is 0 Å². The first kappa shape index (κ1) is 17.3. The number of rotatable bonds is 8. The van der Waals surface area contributed by atoms with Gasteiger partial charge in [0.2, 0.25) is 5.91 Å². The maximum absolute atomic E-state index is 11.9. The normalized spacial score (nSPS) is 23.4. The Labute approximate surface area is 119 Å². The van der Waals surface area contributed by atoms with Crippen LogP contribution >= 0.6 is 0 Å². The summed E-state index contributed by atoms with van der Waals surface area (Å²) < 4.78 is 28.5. The third-order valence-electron chi connectivity index (χ3n) is 3.62. The van der Waals surface area contributed by atoms with Gasteiger partial charge in [-0.25, -0.2) is 8.78 Å². The second-order valence-corrected chi connectivity index (χ2v) is 5.38. The predicted molar refractivity (Wildman–Crippen MR) is 73.9 cm³/mol. The Bertz CT molecular complexity index is 290. The molecule has 1 saturated heterocycles. The zero-order chi connectivity index (χ0) is 15.0. The van der Waals surface area contributed by atoms with E-state index in [9.17, 15) is 13.6 Å². The first-order valence-electron chi connectivity index (χ1n) is 7.41. The van der Waals surface area contributed by atoms with Crippen molar-refractivity contribution in [2.24, 2.45) is 5.92 Å². The molecule has 1 N–H and O–H groups in total. The van der Waals surface area contributed by atoms with E-state index in [1.807, 2.05) is 4.90 Å². The van der Waals surface area contributed by atoms with Crippen LogP contribution in [0.15, 0.2) is 0 Å². The number of hydrogen-bond donors (Lipinski definition) is 1. The first-order valence-corrected chi connectivity index (χ1v) is 7.41. The topological polar surface area (TPSA) is 41.6 Å². The van der Waals surface area contributed by atoms with Gasteiger partial charge in [-0.15, -0.1) is 0 Å². The minimum absolute atomic E-state index is 0.0000536. The molecule has 2 unspecified atom stereocenters. The molecule has 0 aromatic carbocycles. The Morgan fingerprint density at radius 2 is 2.25 bits per heavy atom. The van der Waals surface area contributed by atoms with E-state index in [0.29, 0.717) is 12.0 Å². The van der Waals surface area contributed by atoms with Crippen LogP contribution in [0.25, 0.3) is 0 Å². The second-order valence-electron chi connectivity index (χ2n) is 5.38. The molecule has 0 saturated carbocycles. The molecule has 4 nitrogen and oxygen atoms in total. The number of alkyl halides is 2. The average Bonchev–Trinajstić information content (AvgIpc) is 2.41. The fraction of sp³-hybridized carbons (Fsp3) is 0.929. The molecule has 0 aromatic heterocycles. The molecule has 1 heterocycles. The quantitative estimate of drug-likeness (QED) is 0.695. The average molecular weight is 292 g/mol. The number of hydrogen-bond acceptors (Lipinski definition) is 3. The van der Waals surface area contributed by atoms with Crippen molar-refractivity contribution in [1.82, 2.24) is 10.2 Å². The zero-order valence-corrected chi connectivity index (χ0v) is 12.4. The van der Waals surface area contributed by atoms with E-state index >= 15 is 0 Å². The molecule has 1 amide bonds. The minimum atomic E-state index is -2.47. The second kappa shape index (κ2) is 9.23. The smallest absolute Gasteiger partial charge is 0.261 e. The number of amides is 1. The van der Waals surface area contributed by atoms with Crippen LogP contribution in [-0.2, 0) is 9.53 Å². The van der Waals surface area contributed by atoms with Crippen LogP contribution in [-0.4, -0.2) is 56.1 Å². The lowest BCUT2D eigenvalue weighted by atomic mass is 9.93. The van der Waals surface area contributed by atoms with Crippen LogP contribution in [0.4, 0.5) is 8.78 Å². The van der Waals surface area contributed by atoms with E-state index in [2.05, 4.69) is 19.2 Å². The molecule has 6 heteroatoms. The van der Waals surface area contributed by atoms with Crippen LogP contribution < -0.4 is 5.32 Å². The summed E-state index contributed by atoms with van der Waals surface area (Å²) in [6, 6.07) is 0.467. The highest BCUT2D eigenvalue weighted by atomic mass is 19.3. The maximum Gasteiger partial charge on any atom is 0.261 e. The van der Waals surface area contributed by atoms with Gasteiger partial charge in [0.05, 0.1) is 13.0 Å². The highest BCUT2D eigenvalue weighted by molar-refractivity contribution is 5.76. The van der Waals surface area contributed by atoms with Crippen LogP contribution in [0, 0.1) is 5.92 Å². The molecule has 1 rings (SSSR count). The minimum Gasteiger partial charge on any atom is -0.375 e. The number of carbonyl (C=O) groups excluding carboxylic acids is 1. The number of halogens is 2. The van der Waals surface area contributed by atoms with Gasteiger partial charge in [0, 0.05) is 19.1 Å². The van der Waals surface area contributed by atoms with E-state index < -0.39 is 13.0 Å². The van der Waals surface area contributed by atoms with Crippen molar-refractivity contribution in [2.75, 3.05) is 32.8 Å². The van der Waals surface area contributed by atoms with Crippen molar-refractivity contribution in [3.05, 3.63) is 0 Å². The molecule has 2 atom stereocenters. The van der Waals surface area contributed by atoms with E-state index in [1.165, 1.54) is 0 Å². The molecule has 0 spiro atoms. The van der Waals surface area contributed by atoms with Gasteiger partial charge in [0.15, 0.2) is 0 Å². The lowest BCUT2D eigenvalue weighted by molar-refractivity contribution is -0.134. The summed E-state index contributed by atoms with van der Waals surface area (Å²) in [5.41, 5.74) is 0. The molecule has 1 aliphatic heterocycles. The predicted octanol–water partition coefficient (Wildman–Crippen LogP) is 1.89. The van der Waals surface area contributed by atoms with Crippen LogP contribution in [0.2, 0.25) is 0 Å². The third kappa shape index (κ3) is 6.13. The summed E-state index contributed by atoms with van der Waals surface area (Å²) in [5.74, 6) is 0.418. The van der Waals surface area contributed by atoms with Gasteiger partial charge < -0.3 is 15.0 Å². The fourth-order valence-electron chi connectivity index (χ4n) is 2.50. The Morgan fingerprint density at radius 3 is 2.85 bits per heavy atom. The van der Waals surface area contributed by atoms with Crippen molar-refractivity contribution in [3.8, 4) is 0 Å². The van der Waals surface area contributed by atoms with E-state index in [0.717, 1.165) is 32.5 Å². The summed E-state index contributed by atoms with van der Waals surface area (Å²) in [7, 11) is 0. The third-order valence-corrected chi connectivity index (χ3v) is 3.62. The number of likely N-dealkylation sites (tertiary alicyclic amines) is 1. The van der Waals surface area contributed by atoms with Crippen molar-refractivity contribution >= 4 is 5.91 Å². The molecule has 118 valence electrons. The van der Waals surface area contributed by atoms with Crippen LogP contribution in [0.1, 0.15) is 33.1 Å². The number of nitrogens with zero attached hydrogens (tertiary/aromatic N) is 1. The van der Waals surface area contributed by atoms with E-state index in [4.69, 9.17) is 4.74 Å². The Morgan fingerprint density at radius 1 is 1.50 bits per heavy atom. The van der Waals surface area contributed by atoms with Gasteiger partial charge in [-0.2, -0.15) is 0 Å². The molecule has 20 heavy (non-hydrogen) atoms. The van der Waals surface area contributed by atoms with E-state index in [1.54, 1.807) is 0 Å². The Hall–Kier alpha value is -0.750. The van der Waals surface area contributed by atoms with Gasteiger partial charge in [-0.05, 0) is 25.3 Å². The largest absolute Gasteiger partial charge is 0.375 e. The molecule has 0 aromatic rings. The zero-order valence-electron chi connectivity index (χ0n) is 12.4. The first-order chi connectivity index (χ1) is 9.54. The Balaban J connectivity index is 2.23. The summed E-state index contributed by atoms with van der Waals surface area (Å²) in [6.45, 7) is 6.23. The van der Waals surface area contributed by atoms with Gasteiger partial charge in [-0.3, -0.25) is 4.79 Å². The van der Waals surface area contributed by atoms with Crippen molar-refractivity contribution < 1.29 is 18.3 Å². The molecule has 1 fully saturated rings. The highest BCUT2D eigenvalue weighted by Crippen LogP contribution is 2.17. The SMILES string of the molecule is CCCNC1CCN(C(=O)CCOCC(F)F)CC1C. The van der Waals surface area contributed by atoms with Crippen molar-refractivity contribution in [1.29, 1.82) is 0 Å². The van der Waals surface area contributed by atoms with Crippen molar-refractivity contribution in [3.63, 3.8) is 0 Å². The summed E-state index contributed by atoms with van der Waals surface area (Å²) >= 11 is 0. The fourth-order valence-corrected chi connectivity index (χ4v) is 2.50. The molecule has 0 radical (unpaired) electrons. The number of nitrogens with one attached hydrogen (secondary N) is 1. The number of carbonyl (C=O) groups is 1. The van der Waals surface area contributed by atoms with Gasteiger partial charge in [0.25, 0.3) is 6.43 Å². The maximum atomic E-state index is 11.9. The number of ether oxygens (including phenoxy) is 1. The molecule has 0 aliphatic carbocycles. The number of piperidine rings is 1. The lowest BCUT2D eigenvalue weighted by Crippen LogP contribution is -2.50. The molecule has 0 bridgehead atoms. The van der Waals surface area contributed by atoms with Gasteiger partial charge >= 0.3 is 0 Å². The summed E-state index contributed by atoms with van der Waals surface area (Å²) in [4.78, 5) is 13.8. The summed E-state index contributed by atoms with van der Waals surface area (Å²) in [6.07, 6.45) is -0.226. The van der Waals surface area contributed by atoms with Crippen LogP contribution in [0.3, 0.4) is 0 Å². The Kier molecular flexibility index (Phi) is 7.99. The molecule has 1 aliphatic rings. The van der Waals surface area contributed by atoms with Gasteiger partial charge in [0.1, 0.15) is 6.61 Å².